The molecule has 0 saturated heterocycles. The van der Waals surface area contributed by atoms with Gasteiger partial charge in [0, 0.05) is 10.0 Å². The molecule has 1 unspecified atom stereocenters. The molecule has 19 heavy (non-hydrogen) atoms. The first-order chi connectivity index (χ1) is 9.17. The van der Waals surface area contributed by atoms with Gasteiger partial charge in [-0.3, -0.25) is 0 Å². The maximum absolute atomic E-state index is 5.33. The summed E-state index contributed by atoms with van der Waals surface area (Å²) in [5.41, 5.74) is 2.22. The molecule has 102 valence electrons. The van der Waals surface area contributed by atoms with E-state index in [4.69, 9.17) is 9.15 Å². The van der Waals surface area contributed by atoms with Crippen LogP contribution in [0.3, 0.4) is 0 Å². The van der Waals surface area contributed by atoms with E-state index in [1.807, 2.05) is 18.2 Å². The first-order valence-electron chi connectivity index (χ1n) is 5.97. The highest BCUT2D eigenvalue weighted by Crippen LogP contribution is 2.34. The molecule has 1 aromatic carbocycles. The molecule has 1 atom stereocenters. The Kier molecular flexibility index (Phi) is 5.07. The zero-order valence-corrected chi connectivity index (χ0v) is 13.9. The molecule has 0 aliphatic carbocycles. The standard InChI is InChI=1S/C14H15Br2NO2/c1-3-17-13(11-6-7-19-14(11)16)10-5-4-9(18-2)8-12(10)15/h4-8,13,17H,3H2,1-2H3. The molecule has 0 bridgehead atoms. The normalized spacial score (nSPS) is 12.4. The maximum atomic E-state index is 5.33. The van der Waals surface area contributed by atoms with Crippen LogP contribution >= 0.6 is 31.9 Å². The molecule has 0 spiro atoms. The third-order valence-corrected chi connectivity index (χ3v) is 4.22. The number of benzene rings is 1. The SMILES string of the molecule is CCNC(c1ccc(OC)cc1Br)c1ccoc1Br. The largest absolute Gasteiger partial charge is 0.497 e. The van der Waals surface area contributed by atoms with Crippen molar-refractivity contribution in [3.63, 3.8) is 0 Å². The van der Waals surface area contributed by atoms with E-state index < -0.39 is 0 Å². The number of rotatable bonds is 5. The van der Waals surface area contributed by atoms with Crippen molar-refractivity contribution >= 4 is 31.9 Å². The van der Waals surface area contributed by atoms with Crippen LogP contribution in [-0.4, -0.2) is 13.7 Å². The molecule has 0 amide bonds. The van der Waals surface area contributed by atoms with Crippen molar-refractivity contribution in [1.29, 1.82) is 0 Å². The van der Waals surface area contributed by atoms with Crippen molar-refractivity contribution in [2.45, 2.75) is 13.0 Å². The van der Waals surface area contributed by atoms with E-state index in [1.165, 1.54) is 0 Å². The van der Waals surface area contributed by atoms with E-state index in [9.17, 15) is 0 Å². The number of furan rings is 1. The van der Waals surface area contributed by atoms with Crippen LogP contribution in [0.5, 0.6) is 5.75 Å². The zero-order valence-electron chi connectivity index (χ0n) is 10.7. The minimum Gasteiger partial charge on any atom is -0.497 e. The van der Waals surface area contributed by atoms with Gasteiger partial charge in [0.25, 0.3) is 0 Å². The average Bonchev–Trinajstić information content (AvgIpc) is 2.82. The van der Waals surface area contributed by atoms with Gasteiger partial charge < -0.3 is 14.5 Å². The van der Waals surface area contributed by atoms with Crippen LogP contribution < -0.4 is 10.1 Å². The summed E-state index contributed by atoms with van der Waals surface area (Å²) in [6, 6.07) is 8.01. The molecule has 1 N–H and O–H groups in total. The van der Waals surface area contributed by atoms with Gasteiger partial charge >= 0.3 is 0 Å². The Morgan fingerprint density at radius 3 is 2.58 bits per heavy atom. The summed E-state index contributed by atoms with van der Waals surface area (Å²) in [7, 11) is 1.66. The van der Waals surface area contributed by atoms with Gasteiger partial charge in [-0.25, -0.2) is 0 Å². The molecule has 0 aliphatic heterocycles. The average molecular weight is 389 g/mol. The predicted molar refractivity (Wildman–Crippen MR) is 82.6 cm³/mol. The molecule has 0 fully saturated rings. The van der Waals surface area contributed by atoms with Crippen molar-refractivity contribution in [1.82, 2.24) is 5.32 Å². The number of methoxy groups -OCH3 is 1. The molecule has 5 heteroatoms. The third-order valence-electron chi connectivity index (χ3n) is 2.88. The van der Waals surface area contributed by atoms with E-state index in [0.29, 0.717) is 0 Å². The first kappa shape index (κ1) is 14.6. The van der Waals surface area contributed by atoms with Crippen molar-refractivity contribution < 1.29 is 9.15 Å². The fourth-order valence-electron chi connectivity index (χ4n) is 1.97. The van der Waals surface area contributed by atoms with Crippen LogP contribution in [-0.2, 0) is 0 Å². The Hall–Kier alpha value is -0.780. The van der Waals surface area contributed by atoms with Gasteiger partial charge in [-0.05, 0) is 46.2 Å². The summed E-state index contributed by atoms with van der Waals surface area (Å²) in [5, 5.41) is 3.46. The van der Waals surface area contributed by atoms with Gasteiger partial charge in [0.1, 0.15) is 5.75 Å². The summed E-state index contributed by atoms with van der Waals surface area (Å²) in [5.74, 6) is 0.831. The third kappa shape index (κ3) is 3.22. The lowest BCUT2D eigenvalue weighted by Crippen LogP contribution is -2.22. The van der Waals surface area contributed by atoms with Gasteiger partial charge in [0.15, 0.2) is 4.67 Å². The molecule has 0 radical (unpaired) electrons. The molecule has 0 saturated carbocycles. The fraction of sp³-hybridized carbons (Fsp3) is 0.286. The van der Waals surface area contributed by atoms with Crippen LogP contribution in [0.2, 0.25) is 0 Å². The quantitative estimate of drug-likeness (QED) is 0.817. The molecule has 1 heterocycles. The number of hydrogen-bond acceptors (Lipinski definition) is 3. The lowest BCUT2D eigenvalue weighted by molar-refractivity contribution is 0.414. The minimum absolute atomic E-state index is 0.0680. The summed E-state index contributed by atoms with van der Waals surface area (Å²) in [4.78, 5) is 0. The van der Waals surface area contributed by atoms with E-state index >= 15 is 0 Å². The van der Waals surface area contributed by atoms with Gasteiger partial charge in [-0.15, -0.1) is 0 Å². The van der Waals surface area contributed by atoms with E-state index in [0.717, 1.165) is 32.6 Å². The van der Waals surface area contributed by atoms with Crippen molar-refractivity contribution in [3.05, 3.63) is 50.8 Å². The first-order valence-corrected chi connectivity index (χ1v) is 7.55. The van der Waals surface area contributed by atoms with Crippen LogP contribution in [0.15, 0.2) is 44.1 Å². The van der Waals surface area contributed by atoms with Crippen molar-refractivity contribution in [2.75, 3.05) is 13.7 Å². The van der Waals surface area contributed by atoms with Crippen LogP contribution in [0, 0.1) is 0 Å². The maximum Gasteiger partial charge on any atom is 0.174 e. The van der Waals surface area contributed by atoms with Crippen molar-refractivity contribution in [2.24, 2.45) is 0 Å². The zero-order chi connectivity index (χ0) is 13.8. The molecular formula is C14H15Br2NO2. The smallest absolute Gasteiger partial charge is 0.174 e. The van der Waals surface area contributed by atoms with E-state index in [1.54, 1.807) is 13.4 Å². The Morgan fingerprint density at radius 1 is 1.26 bits per heavy atom. The highest BCUT2D eigenvalue weighted by atomic mass is 79.9. The molecule has 1 aromatic heterocycles. The molecule has 2 rings (SSSR count). The van der Waals surface area contributed by atoms with Gasteiger partial charge in [-0.2, -0.15) is 0 Å². The topological polar surface area (TPSA) is 34.4 Å². The van der Waals surface area contributed by atoms with E-state index in [2.05, 4.69) is 50.2 Å². The number of halogens is 2. The highest BCUT2D eigenvalue weighted by molar-refractivity contribution is 9.10. The lowest BCUT2D eigenvalue weighted by Gasteiger charge is -2.19. The van der Waals surface area contributed by atoms with Crippen LogP contribution in [0.25, 0.3) is 0 Å². The fourth-order valence-corrected chi connectivity index (χ4v) is 3.03. The van der Waals surface area contributed by atoms with Gasteiger partial charge in [0.2, 0.25) is 0 Å². The van der Waals surface area contributed by atoms with Crippen molar-refractivity contribution in [3.8, 4) is 5.75 Å². The minimum atomic E-state index is 0.0680. The Bertz CT molecular complexity index is 554. The Balaban J connectivity index is 2.42. The molecule has 3 nitrogen and oxygen atoms in total. The summed E-state index contributed by atoms with van der Waals surface area (Å²) < 4.78 is 12.3. The van der Waals surface area contributed by atoms with Gasteiger partial charge in [0.05, 0.1) is 19.4 Å². The Morgan fingerprint density at radius 2 is 2.05 bits per heavy atom. The van der Waals surface area contributed by atoms with Crippen LogP contribution in [0.4, 0.5) is 0 Å². The summed E-state index contributed by atoms with van der Waals surface area (Å²) >= 11 is 7.04. The second-order valence-electron chi connectivity index (χ2n) is 4.03. The highest BCUT2D eigenvalue weighted by Gasteiger charge is 2.20. The number of hydrogen-bond donors (Lipinski definition) is 1. The second kappa shape index (κ2) is 6.59. The number of nitrogens with one attached hydrogen (secondary N) is 1. The number of ether oxygens (including phenoxy) is 1. The summed E-state index contributed by atoms with van der Waals surface area (Å²) in [6.07, 6.45) is 1.68. The lowest BCUT2D eigenvalue weighted by atomic mass is 10.0. The molecular weight excluding hydrogens is 374 g/mol. The molecule has 2 aromatic rings. The summed E-state index contributed by atoms with van der Waals surface area (Å²) in [6.45, 7) is 2.94. The van der Waals surface area contributed by atoms with E-state index in [-0.39, 0.29) is 6.04 Å². The van der Waals surface area contributed by atoms with Crippen LogP contribution in [0.1, 0.15) is 24.1 Å². The monoisotopic (exact) mass is 387 g/mol. The predicted octanol–water partition coefficient (Wildman–Crippen LogP) is 4.51. The Labute approximate surface area is 129 Å². The van der Waals surface area contributed by atoms with Gasteiger partial charge in [-0.1, -0.05) is 28.9 Å². The molecule has 0 aliphatic rings. The second-order valence-corrected chi connectivity index (χ2v) is 5.60.